The second kappa shape index (κ2) is 6.12. The molecule has 1 aliphatic carbocycles. The fraction of sp³-hybridized carbons (Fsp3) is 0.211. The van der Waals surface area contributed by atoms with Crippen LogP contribution in [0.15, 0.2) is 42.6 Å². The van der Waals surface area contributed by atoms with Gasteiger partial charge in [-0.25, -0.2) is 4.39 Å². The highest BCUT2D eigenvalue weighted by Gasteiger charge is 2.27. The summed E-state index contributed by atoms with van der Waals surface area (Å²) < 4.78 is 15.4. The Hall–Kier alpha value is -3.02. The molecule has 126 valence electrons. The number of carbonyl (C=O) groups is 1. The molecule has 1 N–H and O–H groups in total. The van der Waals surface area contributed by atoms with E-state index in [0.29, 0.717) is 11.3 Å². The van der Waals surface area contributed by atoms with Crippen LogP contribution in [0.1, 0.15) is 27.2 Å². The summed E-state index contributed by atoms with van der Waals surface area (Å²) in [5.41, 5.74) is 4.68. The van der Waals surface area contributed by atoms with Crippen LogP contribution in [0, 0.1) is 5.82 Å². The van der Waals surface area contributed by atoms with Crippen molar-refractivity contribution in [2.45, 2.75) is 19.4 Å². The van der Waals surface area contributed by atoms with Crippen molar-refractivity contribution >= 4 is 5.91 Å². The van der Waals surface area contributed by atoms with Crippen LogP contribution in [0.3, 0.4) is 0 Å². The van der Waals surface area contributed by atoms with E-state index in [-0.39, 0.29) is 18.3 Å². The fourth-order valence-corrected chi connectivity index (χ4v) is 3.30. The predicted octanol–water partition coefficient (Wildman–Crippen LogP) is 2.65. The largest absolute Gasteiger partial charge is 0.346 e. The van der Waals surface area contributed by atoms with Crippen LogP contribution >= 0.6 is 0 Å². The van der Waals surface area contributed by atoms with Crippen LogP contribution < -0.4 is 5.32 Å². The van der Waals surface area contributed by atoms with Crippen LogP contribution in [0.5, 0.6) is 0 Å². The molecule has 0 spiro atoms. The number of hydrogen-bond acceptors (Lipinski definition) is 3. The third-order valence-electron chi connectivity index (χ3n) is 4.52. The van der Waals surface area contributed by atoms with Crippen molar-refractivity contribution in [3.63, 3.8) is 0 Å². The minimum atomic E-state index is -0.330. The van der Waals surface area contributed by atoms with E-state index in [1.165, 1.54) is 6.07 Å². The summed E-state index contributed by atoms with van der Waals surface area (Å²) in [6.45, 7) is 0.131. The SMILES string of the molecule is Cn1nc(C(=O)NCc2ccccc2F)c2c1-c1ncccc1CC2. The van der Waals surface area contributed by atoms with Crippen LogP contribution in [0.25, 0.3) is 11.4 Å². The highest BCUT2D eigenvalue weighted by molar-refractivity contribution is 5.95. The third kappa shape index (κ3) is 2.69. The van der Waals surface area contributed by atoms with Crippen molar-refractivity contribution in [1.29, 1.82) is 0 Å². The van der Waals surface area contributed by atoms with Crippen LogP contribution in [-0.2, 0) is 26.4 Å². The Labute approximate surface area is 144 Å². The highest BCUT2D eigenvalue weighted by Crippen LogP contribution is 2.33. The topological polar surface area (TPSA) is 59.8 Å². The van der Waals surface area contributed by atoms with Crippen molar-refractivity contribution in [1.82, 2.24) is 20.1 Å². The van der Waals surface area contributed by atoms with Crippen molar-refractivity contribution in [2.24, 2.45) is 7.05 Å². The van der Waals surface area contributed by atoms with Gasteiger partial charge in [-0.2, -0.15) is 5.10 Å². The molecular weight excluding hydrogens is 319 g/mol. The summed E-state index contributed by atoms with van der Waals surface area (Å²) in [5, 5.41) is 7.16. The first-order valence-corrected chi connectivity index (χ1v) is 8.17. The zero-order chi connectivity index (χ0) is 17.4. The number of pyridine rings is 1. The molecule has 0 bridgehead atoms. The zero-order valence-electron chi connectivity index (χ0n) is 13.8. The summed E-state index contributed by atoms with van der Waals surface area (Å²) in [6.07, 6.45) is 3.32. The Bertz CT molecular complexity index is 964. The lowest BCUT2D eigenvalue weighted by Crippen LogP contribution is -2.25. The standard InChI is InChI=1S/C19H17FN4O/c1-24-18-14(9-8-12-6-4-10-21-16(12)18)17(23-24)19(25)22-11-13-5-2-3-7-15(13)20/h2-7,10H,8-9,11H2,1H3,(H,22,25). The number of hydrogen-bond donors (Lipinski definition) is 1. The Morgan fingerprint density at radius 2 is 2.08 bits per heavy atom. The van der Waals surface area contributed by atoms with Crippen molar-refractivity contribution in [3.8, 4) is 11.4 Å². The van der Waals surface area contributed by atoms with Gasteiger partial charge in [0.25, 0.3) is 5.91 Å². The van der Waals surface area contributed by atoms with Crippen molar-refractivity contribution in [2.75, 3.05) is 0 Å². The van der Waals surface area contributed by atoms with Gasteiger partial charge >= 0.3 is 0 Å². The van der Waals surface area contributed by atoms with Crippen molar-refractivity contribution < 1.29 is 9.18 Å². The maximum absolute atomic E-state index is 13.7. The molecule has 0 radical (unpaired) electrons. The normalized spacial score (nSPS) is 12.4. The fourth-order valence-electron chi connectivity index (χ4n) is 3.30. The van der Waals surface area contributed by atoms with E-state index >= 15 is 0 Å². The molecule has 1 amide bonds. The van der Waals surface area contributed by atoms with E-state index in [1.54, 1.807) is 29.1 Å². The average molecular weight is 336 g/mol. The maximum Gasteiger partial charge on any atom is 0.272 e. The molecule has 0 aliphatic heterocycles. The van der Waals surface area contributed by atoms with Gasteiger partial charge in [0.15, 0.2) is 5.69 Å². The number of aromatic nitrogens is 3. The molecule has 4 rings (SSSR count). The number of fused-ring (bicyclic) bond motifs is 3. The molecule has 0 fully saturated rings. The van der Waals surface area contributed by atoms with Gasteiger partial charge in [-0.15, -0.1) is 0 Å². The quantitative estimate of drug-likeness (QED) is 0.800. The molecule has 0 atom stereocenters. The van der Waals surface area contributed by atoms with Crippen LogP contribution in [0.2, 0.25) is 0 Å². The average Bonchev–Trinajstić information content (AvgIpc) is 2.98. The summed E-state index contributed by atoms with van der Waals surface area (Å²) >= 11 is 0. The number of carbonyl (C=O) groups excluding carboxylic acids is 1. The molecule has 1 aromatic carbocycles. The van der Waals surface area contributed by atoms with E-state index < -0.39 is 0 Å². The number of amides is 1. The molecule has 1 aliphatic rings. The summed E-state index contributed by atoms with van der Waals surface area (Å²) in [6, 6.07) is 10.4. The Balaban J connectivity index is 1.62. The van der Waals surface area contributed by atoms with E-state index in [1.807, 2.05) is 13.1 Å². The smallest absolute Gasteiger partial charge is 0.272 e. The molecule has 0 saturated heterocycles. The molecule has 0 unspecified atom stereocenters. The molecule has 6 heteroatoms. The van der Waals surface area contributed by atoms with Gasteiger partial charge in [-0.05, 0) is 30.5 Å². The lowest BCUT2D eigenvalue weighted by atomic mass is 9.92. The Morgan fingerprint density at radius 3 is 2.92 bits per heavy atom. The van der Waals surface area contributed by atoms with E-state index in [0.717, 1.165) is 35.4 Å². The summed E-state index contributed by atoms with van der Waals surface area (Å²) in [5.74, 6) is -0.622. The minimum absolute atomic E-state index is 0.131. The third-order valence-corrected chi connectivity index (χ3v) is 4.52. The number of aryl methyl sites for hydroxylation is 2. The first-order chi connectivity index (χ1) is 12.1. The second-order valence-electron chi connectivity index (χ2n) is 6.08. The van der Waals surface area contributed by atoms with Crippen LogP contribution in [-0.4, -0.2) is 20.7 Å². The van der Waals surface area contributed by atoms with E-state index in [4.69, 9.17) is 0 Å². The Morgan fingerprint density at radius 1 is 1.24 bits per heavy atom. The lowest BCUT2D eigenvalue weighted by Gasteiger charge is -2.16. The van der Waals surface area contributed by atoms with Gasteiger partial charge < -0.3 is 5.32 Å². The van der Waals surface area contributed by atoms with E-state index in [2.05, 4.69) is 21.5 Å². The monoisotopic (exact) mass is 336 g/mol. The lowest BCUT2D eigenvalue weighted by molar-refractivity contribution is 0.0944. The number of benzene rings is 1. The molecule has 0 saturated carbocycles. The predicted molar refractivity (Wildman–Crippen MR) is 91.4 cm³/mol. The molecule has 3 aromatic rings. The zero-order valence-corrected chi connectivity index (χ0v) is 13.8. The van der Waals surface area contributed by atoms with Gasteiger partial charge in [0, 0.05) is 30.9 Å². The first kappa shape index (κ1) is 15.5. The number of nitrogens with zero attached hydrogens (tertiary/aromatic N) is 3. The second-order valence-corrected chi connectivity index (χ2v) is 6.08. The highest BCUT2D eigenvalue weighted by atomic mass is 19.1. The maximum atomic E-state index is 13.7. The molecular formula is C19H17FN4O. The molecule has 2 heterocycles. The Kier molecular flexibility index (Phi) is 3.80. The molecule has 5 nitrogen and oxygen atoms in total. The summed E-state index contributed by atoms with van der Waals surface area (Å²) in [7, 11) is 1.82. The number of halogens is 1. The number of nitrogens with one attached hydrogen (secondary N) is 1. The van der Waals surface area contributed by atoms with Crippen molar-refractivity contribution in [3.05, 3.63) is 70.8 Å². The van der Waals surface area contributed by atoms with Gasteiger partial charge in [0.1, 0.15) is 5.82 Å². The summed E-state index contributed by atoms with van der Waals surface area (Å²) in [4.78, 5) is 17.1. The first-order valence-electron chi connectivity index (χ1n) is 8.17. The number of rotatable bonds is 3. The van der Waals surface area contributed by atoms with Gasteiger partial charge in [-0.3, -0.25) is 14.5 Å². The van der Waals surface area contributed by atoms with Gasteiger partial charge in [0.2, 0.25) is 0 Å². The molecule has 25 heavy (non-hydrogen) atoms. The van der Waals surface area contributed by atoms with E-state index in [9.17, 15) is 9.18 Å². The van der Waals surface area contributed by atoms with Gasteiger partial charge in [0.05, 0.1) is 11.4 Å². The minimum Gasteiger partial charge on any atom is -0.346 e. The van der Waals surface area contributed by atoms with Crippen LogP contribution in [0.4, 0.5) is 4.39 Å². The van der Waals surface area contributed by atoms with Gasteiger partial charge in [-0.1, -0.05) is 24.3 Å². The molecule has 2 aromatic heterocycles.